The lowest BCUT2D eigenvalue weighted by molar-refractivity contribution is 0.289. The first-order valence-corrected chi connectivity index (χ1v) is 8.34. The molecule has 0 aromatic heterocycles. The Bertz CT molecular complexity index is 624. The van der Waals surface area contributed by atoms with Gasteiger partial charge in [-0.2, -0.15) is 10.2 Å². The van der Waals surface area contributed by atoms with Crippen molar-refractivity contribution in [2.75, 3.05) is 31.2 Å². The van der Waals surface area contributed by atoms with Crippen LogP contribution < -0.4 is 4.90 Å². The quantitative estimate of drug-likeness (QED) is 0.687. The molecular weight excluding hydrogens is 302 g/mol. The number of rotatable bonds is 9. The fourth-order valence-corrected chi connectivity index (χ4v) is 2.44. The third kappa shape index (κ3) is 5.44. The predicted molar refractivity (Wildman–Crippen MR) is 97.4 cm³/mol. The van der Waals surface area contributed by atoms with Gasteiger partial charge in [-0.15, -0.1) is 0 Å². The van der Waals surface area contributed by atoms with Gasteiger partial charge in [-0.25, -0.2) is 0 Å². The molecule has 2 aromatic carbocycles. The lowest BCUT2D eigenvalue weighted by atomic mass is 10.1. The summed E-state index contributed by atoms with van der Waals surface area (Å²) in [7, 11) is 0. The summed E-state index contributed by atoms with van der Waals surface area (Å²) in [4.78, 5) is 2.22. The summed E-state index contributed by atoms with van der Waals surface area (Å²) < 4.78 is 0. The molecule has 0 spiro atoms. The third-order valence-corrected chi connectivity index (χ3v) is 3.80. The van der Waals surface area contributed by atoms with Crippen LogP contribution in [0.25, 0.3) is 0 Å². The number of nitrogens with zero attached hydrogens (tertiary/aromatic N) is 3. The van der Waals surface area contributed by atoms with E-state index in [0.717, 1.165) is 42.1 Å². The van der Waals surface area contributed by atoms with Crippen molar-refractivity contribution in [1.29, 1.82) is 0 Å². The van der Waals surface area contributed by atoms with Crippen LogP contribution in [0.3, 0.4) is 0 Å². The molecule has 0 unspecified atom stereocenters. The Balaban J connectivity index is 1.99. The van der Waals surface area contributed by atoms with E-state index in [0.29, 0.717) is 6.42 Å². The topological polar surface area (TPSA) is 68.4 Å². The summed E-state index contributed by atoms with van der Waals surface area (Å²) in [5.41, 5.74) is 3.80. The molecule has 0 aliphatic heterocycles. The number of anilines is 1. The molecule has 0 heterocycles. The molecule has 0 radical (unpaired) electrons. The number of azo groups is 1. The minimum Gasteiger partial charge on any atom is -0.396 e. The van der Waals surface area contributed by atoms with Gasteiger partial charge in [0.15, 0.2) is 0 Å². The van der Waals surface area contributed by atoms with Crippen molar-refractivity contribution >= 4 is 17.1 Å². The minimum atomic E-state index is 0.153. The van der Waals surface area contributed by atoms with E-state index in [1.165, 1.54) is 0 Å². The molecule has 0 aliphatic rings. The van der Waals surface area contributed by atoms with E-state index in [1.807, 2.05) is 48.5 Å². The Morgan fingerprint density at radius 2 is 1.42 bits per heavy atom. The summed E-state index contributed by atoms with van der Waals surface area (Å²) in [5, 5.41) is 26.4. The Morgan fingerprint density at radius 3 is 1.92 bits per heavy atom. The molecule has 0 saturated carbocycles. The van der Waals surface area contributed by atoms with Crippen molar-refractivity contribution in [1.82, 2.24) is 0 Å². The summed E-state index contributed by atoms with van der Waals surface area (Å²) in [6.07, 6.45) is 1.42. The van der Waals surface area contributed by atoms with E-state index >= 15 is 0 Å². The van der Waals surface area contributed by atoms with Crippen LogP contribution in [0.2, 0.25) is 0 Å². The van der Waals surface area contributed by atoms with E-state index in [9.17, 15) is 0 Å². The molecule has 0 amide bonds. The lowest BCUT2D eigenvalue weighted by Gasteiger charge is -2.22. The average Bonchev–Trinajstić information content (AvgIpc) is 2.63. The van der Waals surface area contributed by atoms with Crippen molar-refractivity contribution in [2.24, 2.45) is 10.2 Å². The maximum absolute atomic E-state index is 8.96. The van der Waals surface area contributed by atoms with Gasteiger partial charge in [0.2, 0.25) is 0 Å². The zero-order chi connectivity index (χ0) is 17.2. The molecule has 0 aliphatic carbocycles. The molecule has 128 valence electrons. The Kier molecular flexibility index (Phi) is 7.39. The standard InChI is InChI=1S/C19H25N3O2/c1-2-22(13-3-14-23)19-10-8-18(9-11-19)21-20-17-6-4-16(5-7-17)12-15-24/h4-11,23-24H,2-3,12-15H2,1H3. The van der Waals surface area contributed by atoms with Gasteiger partial charge < -0.3 is 15.1 Å². The average molecular weight is 327 g/mol. The second-order valence-electron chi connectivity index (χ2n) is 5.51. The van der Waals surface area contributed by atoms with Crippen molar-refractivity contribution in [3.8, 4) is 0 Å². The molecule has 2 rings (SSSR count). The summed E-state index contributed by atoms with van der Waals surface area (Å²) in [6.45, 7) is 4.21. The smallest absolute Gasteiger partial charge is 0.0858 e. The zero-order valence-corrected chi connectivity index (χ0v) is 14.1. The first kappa shape index (κ1) is 18.1. The second kappa shape index (κ2) is 9.80. The maximum atomic E-state index is 8.96. The monoisotopic (exact) mass is 327 g/mol. The highest BCUT2D eigenvalue weighted by molar-refractivity contribution is 5.53. The summed E-state index contributed by atoms with van der Waals surface area (Å²) in [6, 6.07) is 15.6. The van der Waals surface area contributed by atoms with E-state index in [2.05, 4.69) is 22.1 Å². The maximum Gasteiger partial charge on any atom is 0.0858 e. The van der Waals surface area contributed by atoms with Gasteiger partial charge in [0.1, 0.15) is 0 Å². The second-order valence-corrected chi connectivity index (χ2v) is 5.51. The predicted octanol–water partition coefficient (Wildman–Crippen LogP) is 3.85. The fourth-order valence-electron chi connectivity index (χ4n) is 2.44. The highest BCUT2D eigenvalue weighted by Crippen LogP contribution is 2.22. The minimum absolute atomic E-state index is 0.153. The van der Waals surface area contributed by atoms with Crippen molar-refractivity contribution in [3.63, 3.8) is 0 Å². The van der Waals surface area contributed by atoms with Crippen LogP contribution in [0.15, 0.2) is 58.8 Å². The molecule has 0 bridgehead atoms. The summed E-state index contributed by atoms with van der Waals surface area (Å²) in [5.74, 6) is 0. The van der Waals surface area contributed by atoms with Crippen molar-refractivity contribution < 1.29 is 10.2 Å². The number of aliphatic hydroxyl groups is 2. The third-order valence-electron chi connectivity index (χ3n) is 3.80. The largest absolute Gasteiger partial charge is 0.396 e. The first-order valence-electron chi connectivity index (χ1n) is 8.34. The van der Waals surface area contributed by atoms with Gasteiger partial charge in [-0.1, -0.05) is 12.1 Å². The summed E-state index contributed by atoms with van der Waals surface area (Å²) >= 11 is 0. The Labute approximate surface area is 143 Å². The zero-order valence-electron chi connectivity index (χ0n) is 14.1. The number of hydrogen-bond donors (Lipinski definition) is 2. The Hall–Kier alpha value is -2.24. The van der Waals surface area contributed by atoms with E-state index < -0.39 is 0 Å². The molecule has 24 heavy (non-hydrogen) atoms. The molecule has 5 heteroatoms. The normalized spacial score (nSPS) is 11.1. The van der Waals surface area contributed by atoms with E-state index in [1.54, 1.807) is 0 Å². The highest BCUT2D eigenvalue weighted by Gasteiger charge is 2.03. The molecule has 5 nitrogen and oxygen atoms in total. The van der Waals surface area contributed by atoms with E-state index in [4.69, 9.17) is 10.2 Å². The number of benzene rings is 2. The molecule has 2 aromatic rings. The van der Waals surface area contributed by atoms with E-state index in [-0.39, 0.29) is 13.2 Å². The number of hydrogen-bond acceptors (Lipinski definition) is 5. The van der Waals surface area contributed by atoms with Gasteiger partial charge >= 0.3 is 0 Å². The van der Waals surface area contributed by atoms with Crippen molar-refractivity contribution in [2.45, 2.75) is 19.8 Å². The number of aliphatic hydroxyl groups excluding tert-OH is 2. The van der Waals surface area contributed by atoms with Crippen LogP contribution in [0.1, 0.15) is 18.9 Å². The van der Waals surface area contributed by atoms with Gasteiger partial charge in [-0.05, 0) is 61.7 Å². The van der Waals surface area contributed by atoms with Crippen LogP contribution in [0.5, 0.6) is 0 Å². The van der Waals surface area contributed by atoms with Crippen LogP contribution in [-0.2, 0) is 6.42 Å². The molecule has 2 N–H and O–H groups in total. The molecule has 0 atom stereocenters. The van der Waals surface area contributed by atoms with Gasteiger partial charge in [0, 0.05) is 32.0 Å². The Morgan fingerprint density at radius 1 is 0.833 bits per heavy atom. The van der Waals surface area contributed by atoms with Gasteiger partial charge in [0.05, 0.1) is 11.4 Å². The van der Waals surface area contributed by atoms with Crippen molar-refractivity contribution in [3.05, 3.63) is 54.1 Å². The molecule has 0 fully saturated rings. The van der Waals surface area contributed by atoms with Crippen LogP contribution >= 0.6 is 0 Å². The molecular formula is C19H25N3O2. The van der Waals surface area contributed by atoms with Crippen LogP contribution in [0, 0.1) is 0 Å². The fraction of sp³-hybridized carbons (Fsp3) is 0.368. The first-order chi connectivity index (χ1) is 11.8. The SMILES string of the molecule is CCN(CCCO)c1ccc(N=Nc2ccc(CCO)cc2)cc1. The van der Waals surface area contributed by atoms with Gasteiger partial charge in [0.25, 0.3) is 0 Å². The molecule has 0 saturated heterocycles. The van der Waals surface area contributed by atoms with Gasteiger partial charge in [-0.3, -0.25) is 0 Å². The van der Waals surface area contributed by atoms with Crippen LogP contribution in [0.4, 0.5) is 17.1 Å². The lowest BCUT2D eigenvalue weighted by Crippen LogP contribution is -2.24. The van der Waals surface area contributed by atoms with Crippen LogP contribution in [-0.4, -0.2) is 36.5 Å². The highest BCUT2D eigenvalue weighted by atomic mass is 16.3.